The molecule has 16 heavy (non-hydrogen) atoms. The van der Waals surface area contributed by atoms with Gasteiger partial charge in [-0.05, 0) is 18.6 Å². The summed E-state index contributed by atoms with van der Waals surface area (Å²) in [6, 6.07) is 6.82. The monoisotopic (exact) mass is 219 g/mol. The van der Waals surface area contributed by atoms with Crippen LogP contribution in [0.25, 0.3) is 0 Å². The van der Waals surface area contributed by atoms with Gasteiger partial charge in [0.25, 0.3) is 5.91 Å². The zero-order valence-corrected chi connectivity index (χ0v) is 8.81. The Kier molecular flexibility index (Phi) is 2.90. The highest BCUT2D eigenvalue weighted by atomic mass is 16.5. The quantitative estimate of drug-likeness (QED) is 0.832. The Bertz CT molecular complexity index is 428. The van der Waals surface area contributed by atoms with E-state index in [1.165, 1.54) is 0 Å². The standard InChI is InChI=1S/C12H13NO3/c13-12(15)10-3-1-2-4-11(10)16-9-6-5-8(14)7-9/h1-4,9H,5-7H2,(H2,13,15). The third-order valence-electron chi connectivity index (χ3n) is 2.65. The summed E-state index contributed by atoms with van der Waals surface area (Å²) in [7, 11) is 0. The molecule has 0 bridgehead atoms. The van der Waals surface area contributed by atoms with E-state index in [1.807, 2.05) is 0 Å². The van der Waals surface area contributed by atoms with E-state index < -0.39 is 5.91 Å². The van der Waals surface area contributed by atoms with E-state index in [9.17, 15) is 9.59 Å². The molecule has 4 nitrogen and oxygen atoms in total. The van der Waals surface area contributed by atoms with Crippen molar-refractivity contribution in [2.45, 2.75) is 25.4 Å². The highest BCUT2D eigenvalue weighted by Crippen LogP contribution is 2.24. The fourth-order valence-corrected chi connectivity index (χ4v) is 1.83. The fraction of sp³-hybridized carbons (Fsp3) is 0.333. The predicted molar refractivity (Wildman–Crippen MR) is 58.2 cm³/mol. The number of ketones is 1. The molecule has 0 spiro atoms. The van der Waals surface area contributed by atoms with E-state index in [2.05, 4.69) is 0 Å². The van der Waals surface area contributed by atoms with Crippen LogP contribution < -0.4 is 10.5 Å². The highest BCUT2D eigenvalue weighted by molar-refractivity contribution is 5.95. The smallest absolute Gasteiger partial charge is 0.252 e. The third kappa shape index (κ3) is 2.21. The molecule has 2 rings (SSSR count). The summed E-state index contributed by atoms with van der Waals surface area (Å²) in [5.41, 5.74) is 5.59. The number of primary amides is 1. The Morgan fingerprint density at radius 1 is 1.38 bits per heavy atom. The molecule has 0 saturated heterocycles. The number of rotatable bonds is 3. The number of ether oxygens (including phenoxy) is 1. The first-order valence-corrected chi connectivity index (χ1v) is 5.24. The van der Waals surface area contributed by atoms with Crippen LogP contribution in [0.1, 0.15) is 29.6 Å². The molecule has 1 atom stereocenters. The molecule has 1 unspecified atom stereocenters. The molecule has 0 aromatic heterocycles. The van der Waals surface area contributed by atoms with E-state index in [-0.39, 0.29) is 11.9 Å². The van der Waals surface area contributed by atoms with Crippen molar-refractivity contribution < 1.29 is 14.3 Å². The second-order valence-electron chi connectivity index (χ2n) is 3.88. The molecule has 1 fully saturated rings. The minimum absolute atomic E-state index is 0.118. The van der Waals surface area contributed by atoms with E-state index >= 15 is 0 Å². The van der Waals surface area contributed by atoms with Crippen LogP contribution in [-0.4, -0.2) is 17.8 Å². The van der Waals surface area contributed by atoms with Gasteiger partial charge in [-0.3, -0.25) is 9.59 Å². The van der Waals surface area contributed by atoms with Crippen LogP contribution in [0.5, 0.6) is 5.75 Å². The lowest BCUT2D eigenvalue weighted by molar-refractivity contribution is -0.117. The molecule has 1 aliphatic carbocycles. The SMILES string of the molecule is NC(=O)c1ccccc1OC1CCC(=O)C1. The molecule has 1 saturated carbocycles. The van der Waals surface area contributed by atoms with Crippen LogP contribution in [0, 0.1) is 0 Å². The molecule has 0 heterocycles. The lowest BCUT2D eigenvalue weighted by atomic mass is 10.2. The van der Waals surface area contributed by atoms with Crippen LogP contribution in [0.4, 0.5) is 0 Å². The summed E-state index contributed by atoms with van der Waals surface area (Å²) >= 11 is 0. The van der Waals surface area contributed by atoms with Gasteiger partial charge >= 0.3 is 0 Å². The van der Waals surface area contributed by atoms with Crippen LogP contribution in [0.2, 0.25) is 0 Å². The number of hydrogen-bond acceptors (Lipinski definition) is 3. The maximum atomic E-state index is 11.1. The van der Waals surface area contributed by atoms with E-state index in [0.717, 1.165) is 0 Å². The van der Waals surface area contributed by atoms with Crippen molar-refractivity contribution in [1.82, 2.24) is 0 Å². The zero-order chi connectivity index (χ0) is 11.5. The number of amides is 1. The molecule has 84 valence electrons. The van der Waals surface area contributed by atoms with Crippen LogP contribution >= 0.6 is 0 Å². The summed E-state index contributed by atoms with van der Waals surface area (Å²) < 4.78 is 5.62. The Morgan fingerprint density at radius 2 is 2.12 bits per heavy atom. The average Bonchev–Trinajstić information content (AvgIpc) is 2.64. The van der Waals surface area contributed by atoms with Crippen molar-refractivity contribution in [2.75, 3.05) is 0 Å². The largest absolute Gasteiger partial charge is 0.489 e. The maximum Gasteiger partial charge on any atom is 0.252 e. The van der Waals surface area contributed by atoms with Crippen molar-refractivity contribution in [3.63, 3.8) is 0 Å². The van der Waals surface area contributed by atoms with Crippen molar-refractivity contribution >= 4 is 11.7 Å². The number of hydrogen-bond donors (Lipinski definition) is 1. The summed E-state index contributed by atoms with van der Waals surface area (Å²) in [5, 5.41) is 0. The van der Waals surface area contributed by atoms with Crippen molar-refractivity contribution in [3.05, 3.63) is 29.8 Å². The van der Waals surface area contributed by atoms with E-state index in [4.69, 9.17) is 10.5 Å². The van der Waals surface area contributed by atoms with E-state index in [1.54, 1.807) is 24.3 Å². The Hall–Kier alpha value is -1.84. The normalized spacial score (nSPS) is 19.8. The van der Waals surface area contributed by atoms with Gasteiger partial charge in [0.05, 0.1) is 5.56 Å². The lowest BCUT2D eigenvalue weighted by Gasteiger charge is -2.14. The number of Topliss-reactive ketones (excluding diaryl/α,β-unsaturated/α-hetero) is 1. The Labute approximate surface area is 93.4 Å². The first-order chi connectivity index (χ1) is 7.66. The molecule has 1 aliphatic rings. The molecule has 2 N–H and O–H groups in total. The summed E-state index contributed by atoms with van der Waals surface area (Å²) in [6.07, 6.45) is 1.58. The molecule has 1 aromatic rings. The average molecular weight is 219 g/mol. The van der Waals surface area contributed by atoms with Gasteiger partial charge in [-0.2, -0.15) is 0 Å². The van der Waals surface area contributed by atoms with Crippen molar-refractivity contribution in [3.8, 4) is 5.75 Å². The second-order valence-corrected chi connectivity index (χ2v) is 3.88. The van der Waals surface area contributed by atoms with Crippen LogP contribution in [0.3, 0.4) is 0 Å². The highest BCUT2D eigenvalue weighted by Gasteiger charge is 2.24. The Morgan fingerprint density at radius 3 is 2.75 bits per heavy atom. The number of nitrogens with two attached hydrogens (primary N) is 1. The van der Waals surface area contributed by atoms with Gasteiger partial charge in [-0.15, -0.1) is 0 Å². The zero-order valence-electron chi connectivity index (χ0n) is 8.81. The van der Waals surface area contributed by atoms with Gasteiger partial charge in [-0.1, -0.05) is 12.1 Å². The van der Waals surface area contributed by atoms with Gasteiger partial charge in [0.2, 0.25) is 0 Å². The molecular weight excluding hydrogens is 206 g/mol. The number of carbonyl (C=O) groups excluding carboxylic acids is 2. The fourth-order valence-electron chi connectivity index (χ4n) is 1.83. The summed E-state index contributed by atoms with van der Waals surface area (Å²) in [4.78, 5) is 22.2. The van der Waals surface area contributed by atoms with Gasteiger partial charge in [-0.25, -0.2) is 0 Å². The number of carbonyl (C=O) groups is 2. The van der Waals surface area contributed by atoms with Gasteiger partial charge in [0.1, 0.15) is 17.6 Å². The molecule has 1 aromatic carbocycles. The van der Waals surface area contributed by atoms with Crippen molar-refractivity contribution in [1.29, 1.82) is 0 Å². The summed E-state index contributed by atoms with van der Waals surface area (Å²) in [6.45, 7) is 0. The molecule has 0 aliphatic heterocycles. The predicted octanol–water partition coefficient (Wildman–Crippen LogP) is 1.29. The lowest BCUT2D eigenvalue weighted by Crippen LogP contribution is -2.17. The van der Waals surface area contributed by atoms with E-state index in [0.29, 0.717) is 30.6 Å². The maximum absolute atomic E-state index is 11.1. The minimum atomic E-state index is -0.514. The van der Waals surface area contributed by atoms with Crippen LogP contribution in [-0.2, 0) is 4.79 Å². The topological polar surface area (TPSA) is 69.4 Å². The number of para-hydroxylation sites is 1. The van der Waals surface area contributed by atoms with Crippen molar-refractivity contribution in [2.24, 2.45) is 5.73 Å². The van der Waals surface area contributed by atoms with Gasteiger partial charge in [0, 0.05) is 12.8 Å². The first kappa shape index (κ1) is 10.7. The first-order valence-electron chi connectivity index (χ1n) is 5.24. The third-order valence-corrected chi connectivity index (χ3v) is 2.65. The van der Waals surface area contributed by atoms with Crippen LogP contribution in [0.15, 0.2) is 24.3 Å². The van der Waals surface area contributed by atoms with Gasteiger partial charge < -0.3 is 10.5 Å². The second kappa shape index (κ2) is 4.35. The molecule has 1 amide bonds. The molecule has 0 radical (unpaired) electrons. The molecule has 4 heteroatoms. The molecular formula is C12H13NO3. The number of benzene rings is 1. The Balaban J connectivity index is 2.14. The summed E-state index contributed by atoms with van der Waals surface area (Å²) in [5.74, 6) is 0.163. The van der Waals surface area contributed by atoms with Gasteiger partial charge in [0.15, 0.2) is 0 Å². The minimum Gasteiger partial charge on any atom is -0.489 e.